The van der Waals surface area contributed by atoms with E-state index in [-0.39, 0.29) is 10.8 Å². The molecule has 4 heterocycles. The van der Waals surface area contributed by atoms with Crippen molar-refractivity contribution in [2.75, 3.05) is 13.1 Å². The summed E-state index contributed by atoms with van der Waals surface area (Å²) >= 11 is 0. The van der Waals surface area contributed by atoms with Crippen LogP contribution >= 0.6 is 0 Å². The molecule has 3 aliphatic rings. The maximum Gasteiger partial charge on any atom is 0.229 e. The molecule has 0 N–H and O–H groups in total. The molecular weight excluding hydrogens is 432 g/mol. The van der Waals surface area contributed by atoms with Gasteiger partial charge in [-0.2, -0.15) is 5.10 Å². The van der Waals surface area contributed by atoms with Crippen molar-refractivity contribution in [2.24, 2.45) is 5.41 Å². The number of nitrogens with zero attached hydrogens (tertiary/aromatic N) is 4. The van der Waals surface area contributed by atoms with Crippen molar-refractivity contribution < 1.29 is 4.79 Å². The lowest BCUT2D eigenvalue weighted by molar-refractivity contribution is -0.146. The van der Waals surface area contributed by atoms with Crippen LogP contribution in [0, 0.1) is 5.41 Å². The van der Waals surface area contributed by atoms with E-state index in [2.05, 4.69) is 63.1 Å². The van der Waals surface area contributed by atoms with E-state index in [0.717, 1.165) is 80.3 Å². The largest absolute Gasteiger partial charge is 0.341 e. The quantitative estimate of drug-likeness (QED) is 0.409. The van der Waals surface area contributed by atoms with Gasteiger partial charge in [-0.3, -0.25) is 14.5 Å². The lowest BCUT2D eigenvalue weighted by atomic mass is 9.64. The van der Waals surface area contributed by atoms with Crippen molar-refractivity contribution >= 4 is 16.8 Å². The summed E-state index contributed by atoms with van der Waals surface area (Å²) in [6.45, 7) is 2.60. The van der Waals surface area contributed by atoms with Gasteiger partial charge in [-0.05, 0) is 55.9 Å². The SMILES string of the molecule is O=C(N1CCC2(CCn3nc(-c4cnc5ccccc5c4)cc32)C1)C1(Cc2ccccc2)CCC1. The Morgan fingerprint density at radius 2 is 1.71 bits per heavy atom. The van der Waals surface area contributed by atoms with Crippen molar-refractivity contribution in [3.63, 3.8) is 0 Å². The number of carbonyl (C=O) groups is 1. The molecule has 1 saturated heterocycles. The molecule has 1 saturated carbocycles. The minimum absolute atomic E-state index is 0.0306. The topological polar surface area (TPSA) is 51.0 Å². The Bertz CT molecular complexity index is 1420. The van der Waals surface area contributed by atoms with Crippen LogP contribution in [0.2, 0.25) is 0 Å². The highest BCUT2D eigenvalue weighted by atomic mass is 16.2. The van der Waals surface area contributed by atoms with Crippen molar-refractivity contribution in [1.29, 1.82) is 0 Å². The zero-order valence-electron chi connectivity index (χ0n) is 20.0. The molecular formula is C30H30N4O. The molecule has 4 aromatic rings. The number of fused-ring (bicyclic) bond motifs is 3. The Balaban J connectivity index is 1.14. The number of benzene rings is 2. The lowest BCUT2D eigenvalue weighted by Gasteiger charge is -2.43. The van der Waals surface area contributed by atoms with E-state index in [9.17, 15) is 4.79 Å². The van der Waals surface area contributed by atoms with Crippen LogP contribution in [0.15, 0.2) is 72.9 Å². The monoisotopic (exact) mass is 462 g/mol. The molecule has 2 aromatic carbocycles. The van der Waals surface area contributed by atoms with Crippen molar-refractivity contribution in [3.05, 3.63) is 84.2 Å². The van der Waals surface area contributed by atoms with Gasteiger partial charge in [0.25, 0.3) is 0 Å². The fraction of sp³-hybridized carbons (Fsp3) is 0.367. The zero-order valence-corrected chi connectivity index (χ0v) is 20.0. The third-order valence-electron chi connectivity index (χ3n) is 8.80. The van der Waals surface area contributed by atoms with Gasteiger partial charge >= 0.3 is 0 Å². The maximum absolute atomic E-state index is 13.9. The first-order valence-corrected chi connectivity index (χ1v) is 12.9. The second kappa shape index (κ2) is 7.77. The minimum Gasteiger partial charge on any atom is -0.341 e. The summed E-state index contributed by atoms with van der Waals surface area (Å²) in [6.07, 6.45) is 8.09. The van der Waals surface area contributed by atoms with E-state index < -0.39 is 0 Å². The second-order valence-electron chi connectivity index (χ2n) is 10.9. The van der Waals surface area contributed by atoms with Gasteiger partial charge in [0.05, 0.1) is 16.6 Å². The van der Waals surface area contributed by atoms with Crippen molar-refractivity contribution in [3.8, 4) is 11.3 Å². The van der Waals surface area contributed by atoms with Gasteiger partial charge in [0.15, 0.2) is 0 Å². The molecule has 0 bridgehead atoms. The molecule has 2 aliphatic heterocycles. The summed E-state index contributed by atoms with van der Waals surface area (Å²) in [5.74, 6) is 0.376. The van der Waals surface area contributed by atoms with Crippen LogP contribution in [0.4, 0.5) is 0 Å². The fourth-order valence-corrected chi connectivity index (χ4v) is 6.67. The van der Waals surface area contributed by atoms with Crippen molar-refractivity contribution in [1.82, 2.24) is 19.7 Å². The molecule has 35 heavy (non-hydrogen) atoms. The highest BCUT2D eigenvalue weighted by Gasteiger charge is 2.52. The molecule has 5 heteroatoms. The summed E-state index contributed by atoms with van der Waals surface area (Å²) < 4.78 is 2.18. The predicted molar refractivity (Wildman–Crippen MR) is 137 cm³/mol. The van der Waals surface area contributed by atoms with Crippen LogP contribution < -0.4 is 0 Å². The molecule has 1 spiro atoms. The van der Waals surface area contributed by atoms with E-state index in [1.807, 2.05) is 24.4 Å². The molecule has 176 valence electrons. The third kappa shape index (κ3) is 3.32. The average Bonchev–Trinajstić information content (AvgIpc) is 3.58. The van der Waals surface area contributed by atoms with E-state index in [4.69, 9.17) is 5.10 Å². The van der Waals surface area contributed by atoms with E-state index in [0.29, 0.717) is 5.91 Å². The van der Waals surface area contributed by atoms with Gasteiger partial charge in [-0.25, -0.2) is 0 Å². The van der Waals surface area contributed by atoms with Gasteiger partial charge in [0.2, 0.25) is 5.91 Å². The number of pyridine rings is 1. The Morgan fingerprint density at radius 3 is 2.54 bits per heavy atom. The Morgan fingerprint density at radius 1 is 0.914 bits per heavy atom. The summed E-state index contributed by atoms with van der Waals surface area (Å²) in [5.41, 5.74) is 5.45. The van der Waals surface area contributed by atoms with Crippen LogP contribution in [0.3, 0.4) is 0 Å². The van der Waals surface area contributed by atoms with E-state index in [1.54, 1.807) is 0 Å². The first kappa shape index (κ1) is 20.9. The number of likely N-dealkylation sites (tertiary alicyclic amines) is 1. The number of amides is 1. The molecule has 2 aromatic heterocycles. The number of hydrogen-bond donors (Lipinski definition) is 0. The average molecular weight is 463 g/mol. The van der Waals surface area contributed by atoms with Gasteiger partial charge in [-0.1, -0.05) is 55.0 Å². The highest BCUT2D eigenvalue weighted by Crippen LogP contribution is 2.49. The number of carbonyl (C=O) groups excluding carboxylic acids is 1. The molecule has 7 rings (SSSR count). The van der Waals surface area contributed by atoms with Gasteiger partial charge in [-0.15, -0.1) is 0 Å². The van der Waals surface area contributed by atoms with E-state index >= 15 is 0 Å². The summed E-state index contributed by atoms with van der Waals surface area (Å²) in [4.78, 5) is 20.7. The maximum atomic E-state index is 13.9. The number of para-hydroxylation sites is 1. The molecule has 2 fully saturated rings. The predicted octanol–water partition coefficient (Wildman–Crippen LogP) is 5.39. The third-order valence-corrected chi connectivity index (χ3v) is 8.80. The smallest absolute Gasteiger partial charge is 0.229 e. The Hall–Kier alpha value is -3.47. The molecule has 1 unspecified atom stereocenters. The second-order valence-corrected chi connectivity index (χ2v) is 10.9. The first-order chi connectivity index (χ1) is 17.1. The molecule has 1 aliphatic carbocycles. The van der Waals surface area contributed by atoms with Gasteiger partial charge in [0, 0.05) is 47.9 Å². The molecule has 1 amide bonds. The van der Waals surface area contributed by atoms with E-state index in [1.165, 1.54) is 11.3 Å². The zero-order chi connectivity index (χ0) is 23.5. The van der Waals surface area contributed by atoms with Crippen LogP contribution in [0.1, 0.15) is 43.4 Å². The van der Waals surface area contributed by atoms with Gasteiger partial charge in [0.1, 0.15) is 0 Å². The number of aryl methyl sites for hydroxylation is 1. The van der Waals surface area contributed by atoms with Crippen LogP contribution in [-0.2, 0) is 23.2 Å². The first-order valence-electron chi connectivity index (χ1n) is 12.9. The summed E-state index contributed by atoms with van der Waals surface area (Å²) in [5, 5.41) is 6.10. The number of rotatable bonds is 4. The fourth-order valence-electron chi connectivity index (χ4n) is 6.67. The standard InChI is InChI=1S/C30H30N4O/c35-28(29(11-6-12-29)19-22-7-2-1-3-8-22)33-15-13-30(21-33)14-16-34-27(30)18-26(32-34)24-17-23-9-4-5-10-25(23)31-20-24/h1-5,7-10,17-18,20H,6,11-16,19,21H2. The molecule has 0 radical (unpaired) electrons. The summed E-state index contributed by atoms with van der Waals surface area (Å²) in [6, 6.07) is 23.2. The van der Waals surface area contributed by atoms with Gasteiger partial charge < -0.3 is 4.90 Å². The Labute approximate surface area is 205 Å². The minimum atomic E-state index is -0.201. The Kier molecular flexibility index (Phi) is 4.63. The molecule has 1 atom stereocenters. The number of hydrogen-bond acceptors (Lipinski definition) is 3. The molecule has 5 nitrogen and oxygen atoms in total. The van der Waals surface area contributed by atoms with Crippen LogP contribution in [0.5, 0.6) is 0 Å². The van der Waals surface area contributed by atoms with Crippen LogP contribution in [0.25, 0.3) is 22.2 Å². The van der Waals surface area contributed by atoms with Crippen LogP contribution in [-0.4, -0.2) is 38.7 Å². The lowest BCUT2D eigenvalue weighted by Crippen LogP contribution is -2.49. The normalized spacial score (nSPS) is 22.5. The summed E-state index contributed by atoms with van der Waals surface area (Å²) in [7, 11) is 0. The highest BCUT2D eigenvalue weighted by molar-refractivity contribution is 5.85. The van der Waals surface area contributed by atoms with Crippen molar-refractivity contribution in [2.45, 2.75) is 50.5 Å². The number of aromatic nitrogens is 3.